The van der Waals surface area contributed by atoms with Crippen LogP contribution in [-0.2, 0) is 16.6 Å². The molecule has 0 unspecified atom stereocenters. The number of likely N-dealkylation sites (tertiary alicyclic amines) is 1. The third kappa shape index (κ3) is 3.54. The SMILES string of the molecule is CCOC(=O)C1CCN(C(=O)c2cc3cc(OCC)ccc3n2C)CC1. The molecule has 3 rings (SSSR count). The van der Waals surface area contributed by atoms with Gasteiger partial charge in [-0.1, -0.05) is 0 Å². The highest BCUT2D eigenvalue weighted by Gasteiger charge is 2.29. The van der Waals surface area contributed by atoms with Gasteiger partial charge < -0.3 is 18.9 Å². The van der Waals surface area contributed by atoms with Crippen LogP contribution in [-0.4, -0.2) is 47.6 Å². The molecule has 2 aromatic rings. The third-order valence-electron chi connectivity index (χ3n) is 4.95. The Morgan fingerprint density at radius 1 is 1.12 bits per heavy atom. The van der Waals surface area contributed by atoms with E-state index in [9.17, 15) is 9.59 Å². The summed E-state index contributed by atoms with van der Waals surface area (Å²) in [5.74, 6) is 0.566. The van der Waals surface area contributed by atoms with Crippen LogP contribution < -0.4 is 4.74 Å². The Hall–Kier alpha value is -2.50. The smallest absolute Gasteiger partial charge is 0.309 e. The summed E-state index contributed by atoms with van der Waals surface area (Å²) < 4.78 is 12.6. The number of hydrogen-bond acceptors (Lipinski definition) is 4. The number of benzene rings is 1. The van der Waals surface area contributed by atoms with E-state index in [-0.39, 0.29) is 17.8 Å². The van der Waals surface area contributed by atoms with Gasteiger partial charge >= 0.3 is 5.97 Å². The van der Waals surface area contributed by atoms with Crippen molar-refractivity contribution in [3.05, 3.63) is 30.0 Å². The Balaban J connectivity index is 1.74. The second kappa shape index (κ2) is 7.81. The van der Waals surface area contributed by atoms with Crippen LogP contribution in [0.3, 0.4) is 0 Å². The van der Waals surface area contributed by atoms with Gasteiger partial charge in [0.05, 0.1) is 19.1 Å². The minimum absolute atomic E-state index is 0.00367. The Morgan fingerprint density at radius 3 is 2.50 bits per heavy atom. The topological polar surface area (TPSA) is 60.8 Å². The van der Waals surface area contributed by atoms with Crippen molar-refractivity contribution in [1.82, 2.24) is 9.47 Å². The quantitative estimate of drug-likeness (QED) is 0.771. The van der Waals surface area contributed by atoms with Gasteiger partial charge in [-0.25, -0.2) is 0 Å². The molecule has 26 heavy (non-hydrogen) atoms. The van der Waals surface area contributed by atoms with E-state index in [1.54, 1.807) is 0 Å². The lowest BCUT2D eigenvalue weighted by Crippen LogP contribution is -2.41. The summed E-state index contributed by atoms with van der Waals surface area (Å²) >= 11 is 0. The van der Waals surface area contributed by atoms with Crippen LogP contribution >= 0.6 is 0 Å². The molecule has 1 aliphatic heterocycles. The van der Waals surface area contributed by atoms with Crippen LogP contribution in [0.25, 0.3) is 10.9 Å². The minimum atomic E-state index is -0.146. The lowest BCUT2D eigenvalue weighted by Gasteiger charge is -2.31. The second-order valence-electron chi connectivity index (χ2n) is 6.56. The lowest BCUT2D eigenvalue weighted by atomic mass is 9.97. The van der Waals surface area contributed by atoms with Gasteiger partial charge in [0.15, 0.2) is 0 Å². The molecule has 0 atom stereocenters. The van der Waals surface area contributed by atoms with E-state index in [0.717, 1.165) is 16.7 Å². The molecular weight excluding hydrogens is 332 g/mol. The second-order valence-corrected chi connectivity index (χ2v) is 6.56. The zero-order valence-electron chi connectivity index (χ0n) is 15.7. The third-order valence-corrected chi connectivity index (χ3v) is 4.95. The normalized spacial score (nSPS) is 15.3. The number of rotatable bonds is 5. The number of esters is 1. The first kappa shape index (κ1) is 18.3. The van der Waals surface area contributed by atoms with E-state index in [1.807, 2.05) is 54.6 Å². The molecule has 1 amide bonds. The molecule has 0 spiro atoms. The largest absolute Gasteiger partial charge is 0.494 e. The highest BCUT2D eigenvalue weighted by atomic mass is 16.5. The Bertz CT molecular complexity index is 803. The van der Waals surface area contributed by atoms with Crippen LogP contribution in [0.15, 0.2) is 24.3 Å². The van der Waals surface area contributed by atoms with E-state index < -0.39 is 0 Å². The van der Waals surface area contributed by atoms with Crippen molar-refractivity contribution in [2.75, 3.05) is 26.3 Å². The fourth-order valence-electron chi connectivity index (χ4n) is 3.53. The van der Waals surface area contributed by atoms with Crippen molar-refractivity contribution < 1.29 is 19.1 Å². The van der Waals surface area contributed by atoms with Crippen LogP contribution in [0.2, 0.25) is 0 Å². The zero-order chi connectivity index (χ0) is 18.7. The average Bonchev–Trinajstić information content (AvgIpc) is 2.98. The molecule has 140 valence electrons. The molecule has 0 radical (unpaired) electrons. The molecule has 0 bridgehead atoms. The molecule has 2 heterocycles. The number of piperidine rings is 1. The molecule has 0 saturated carbocycles. The van der Waals surface area contributed by atoms with Gasteiger partial charge in [-0.05, 0) is 51.0 Å². The van der Waals surface area contributed by atoms with Gasteiger partial charge in [0.25, 0.3) is 5.91 Å². The van der Waals surface area contributed by atoms with Crippen molar-refractivity contribution in [3.8, 4) is 5.75 Å². The number of hydrogen-bond donors (Lipinski definition) is 0. The maximum absolute atomic E-state index is 13.0. The zero-order valence-corrected chi connectivity index (χ0v) is 15.7. The molecule has 1 aromatic heterocycles. The van der Waals surface area contributed by atoms with Gasteiger partial charge in [-0.15, -0.1) is 0 Å². The first-order valence-electron chi connectivity index (χ1n) is 9.23. The standard InChI is InChI=1S/C20H26N2O4/c1-4-25-16-6-7-17-15(12-16)13-18(21(17)3)19(23)22-10-8-14(9-11-22)20(24)26-5-2/h6-7,12-14H,4-5,8-11H2,1-3H3. The number of ether oxygens (including phenoxy) is 2. The molecule has 0 aliphatic carbocycles. The summed E-state index contributed by atoms with van der Waals surface area (Å²) in [5, 5.41) is 0.989. The van der Waals surface area contributed by atoms with Gasteiger partial charge in [0, 0.05) is 31.0 Å². The van der Waals surface area contributed by atoms with E-state index in [4.69, 9.17) is 9.47 Å². The minimum Gasteiger partial charge on any atom is -0.494 e. The first-order valence-corrected chi connectivity index (χ1v) is 9.23. The predicted octanol–water partition coefficient (Wildman–Crippen LogP) is 2.99. The number of aryl methyl sites for hydroxylation is 1. The van der Waals surface area contributed by atoms with Crippen LogP contribution in [0.5, 0.6) is 5.75 Å². The van der Waals surface area contributed by atoms with Crippen LogP contribution in [0, 0.1) is 5.92 Å². The maximum atomic E-state index is 13.0. The van der Waals surface area contributed by atoms with Crippen molar-refractivity contribution in [2.45, 2.75) is 26.7 Å². The van der Waals surface area contributed by atoms with Crippen LogP contribution in [0.4, 0.5) is 0 Å². The average molecular weight is 358 g/mol. The summed E-state index contributed by atoms with van der Waals surface area (Å²) in [5.41, 5.74) is 1.65. The molecule has 1 aliphatic rings. The van der Waals surface area contributed by atoms with Gasteiger partial charge in [0.1, 0.15) is 11.4 Å². The van der Waals surface area contributed by atoms with Gasteiger partial charge in [-0.3, -0.25) is 9.59 Å². The van der Waals surface area contributed by atoms with Crippen molar-refractivity contribution in [2.24, 2.45) is 13.0 Å². The van der Waals surface area contributed by atoms with E-state index in [2.05, 4.69) is 0 Å². The number of carbonyl (C=O) groups excluding carboxylic acids is 2. The summed E-state index contributed by atoms with van der Waals surface area (Å²) in [6.45, 7) is 5.93. The summed E-state index contributed by atoms with van der Waals surface area (Å²) in [7, 11) is 1.90. The van der Waals surface area contributed by atoms with E-state index >= 15 is 0 Å². The molecular formula is C20H26N2O4. The summed E-state index contributed by atoms with van der Waals surface area (Å²) in [6, 6.07) is 7.77. The fourth-order valence-corrected chi connectivity index (χ4v) is 3.53. The number of fused-ring (bicyclic) bond motifs is 1. The number of carbonyl (C=O) groups is 2. The van der Waals surface area contributed by atoms with Crippen molar-refractivity contribution in [1.29, 1.82) is 0 Å². The predicted molar refractivity (Wildman–Crippen MR) is 99.3 cm³/mol. The van der Waals surface area contributed by atoms with Crippen LogP contribution in [0.1, 0.15) is 37.2 Å². The van der Waals surface area contributed by atoms with Gasteiger partial charge in [-0.2, -0.15) is 0 Å². The molecule has 1 fully saturated rings. The number of aromatic nitrogens is 1. The summed E-state index contributed by atoms with van der Waals surface area (Å²) in [4.78, 5) is 26.6. The Labute approximate surface area is 153 Å². The monoisotopic (exact) mass is 358 g/mol. The van der Waals surface area contributed by atoms with E-state index in [1.165, 1.54) is 0 Å². The molecule has 0 N–H and O–H groups in total. The highest BCUT2D eigenvalue weighted by molar-refractivity contribution is 5.99. The molecule has 6 heteroatoms. The molecule has 1 aromatic carbocycles. The summed E-state index contributed by atoms with van der Waals surface area (Å²) in [6.07, 6.45) is 1.31. The molecule has 6 nitrogen and oxygen atoms in total. The molecule has 1 saturated heterocycles. The first-order chi connectivity index (χ1) is 12.5. The Kier molecular flexibility index (Phi) is 5.49. The highest BCUT2D eigenvalue weighted by Crippen LogP contribution is 2.26. The Morgan fingerprint density at radius 2 is 1.85 bits per heavy atom. The number of amides is 1. The number of nitrogens with zero attached hydrogens (tertiary/aromatic N) is 2. The fraction of sp³-hybridized carbons (Fsp3) is 0.500. The maximum Gasteiger partial charge on any atom is 0.309 e. The van der Waals surface area contributed by atoms with Gasteiger partial charge in [0.2, 0.25) is 0 Å². The lowest BCUT2D eigenvalue weighted by molar-refractivity contribution is -0.149. The van der Waals surface area contributed by atoms with E-state index in [0.29, 0.717) is 44.8 Å². The van der Waals surface area contributed by atoms with Crippen molar-refractivity contribution in [3.63, 3.8) is 0 Å². The van der Waals surface area contributed by atoms with Crippen molar-refractivity contribution >= 4 is 22.8 Å².